The van der Waals surface area contributed by atoms with Crippen LogP contribution in [-0.2, 0) is 9.59 Å². The maximum atomic E-state index is 13.5. The predicted molar refractivity (Wildman–Crippen MR) is 156 cm³/mol. The number of aliphatic hydroxyl groups excluding tert-OH is 1. The number of anilines is 3. The molecule has 1 atom stereocenters. The predicted octanol–water partition coefficient (Wildman–Crippen LogP) is 6.80. The van der Waals surface area contributed by atoms with Crippen molar-refractivity contribution in [2.24, 2.45) is 5.92 Å². The fourth-order valence-corrected chi connectivity index (χ4v) is 4.62. The number of ketones is 1. The molecule has 7 nitrogen and oxygen atoms in total. The van der Waals surface area contributed by atoms with Gasteiger partial charge in [-0.2, -0.15) is 0 Å². The quantitative estimate of drug-likeness (QED) is 0.131. The summed E-state index contributed by atoms with van der Waals surface area (Å²) < 4.78 is 5.81. The van der Waals surface area contributed by atoms with Gasteiger partial charge in [-0.25, -0.2) is 0 Å². The third-order valence-electron chi connectivity index (χ3n) is 6.55. The van der Waals surface area contributed by atoms with Crippen molar-refractivity contribution in [3.05, 3.63) is 120 Å². The standard InChI is InChI=1S/C33H30N2O5/c1-21(2)20-40-28-10-6-7-23(19-28)31(37)29-30(22-11-17-27(36)18-12-22)35(33(39)32(29)38)26-15-13-25(14-16-26)34-24-8-4-3-5-9-24/h3-19,21,30,34,36-37H,20H2,1-2H3/b31-29-. The Balaban J connectivity index is 1.55. The molecular formula is C33H30N2O5. The maximum absolute atomic E-state index is 13.5. The largest absolute Gasteiger partial charge is 0.508 e. The first kappa shape index (κ1) is 26.6. The molecule has 40 heavy (non-hydrogen) atoms. The molecule has 0 bridgehead atoms. The number of amides is 1. The molecule has 202 valence electrons. The monoisotopic (exact) mass is 534 g/mol. The highest BCUT2D eigenvalue weighted by Gasteiger charge is 2.47. The molecule has 0 spiro atoms. The lowest BCUT2D eigenvalue weighted by atomic mass is 9.95. The molecule has 0 aromatic heterocycles. The number of aromatic hydroxyl groups is 1. The highest BCUT2D eigenvalue weighted by atomic mass is 16.5. The Labute approximate surface area is 233 Å². The van der Waals surface area contributed by atoms with Crippen LogP contribution in [0.4, 0.5) is 17.1 Å². The van der Waals surface area contributed by atoms with Crippen LogP contribution in [0.3, 0.4) is 0 Å². The summed E-state index contributed by atoms with van der Waals surface area (Å²) in [4.78, 5) is 28.3. The van der Waals surface area contributed by atoms with Gasteiger partial charge in [0.2, 0.25) is 0 Å². The minimum atomic E-state index is -0.909. The van der Waals surface area contributed by atoms with E-state index >= 15 is 0 Å². The van der Waals surface area contributed by atoms with Crippen molar-refractivity contribution < 1.29 is 24.5 Å². The Kier molecular flexibility index (Phi) is 7.55. The normalized spacial score (nSPS) is 16.4. The molecular weight excluding hydrogens is 504 g/mol. The molecule has 0 saturated carbocycles. The Morgan fingerprint density at radius 3 is 2.23 bits per heavy atom. The summed E-state index contributed by atoms with van der Waals surface area (Å²) in [5, 5.41) is 24.6. The lowest BCUT2D eigenvalue weighted by molar-refractivity contribution is -0.132. The molecule has 1 aliphatic heterocycles. The highest BCUT2D eigenvalue weighted by molar-refractivity contribution is 6.51. The molecule has 3 N–H and O–H groups in total. The summed E-state index contributed by atoms with van der Waals surface area (Å²) >= 11 is 0. The van der Waals surface area contributed by atoms with E-state index in [2.05, 4.69) is 5.32 Å². The van der Waals surface area contributed by atoms with Gasteiger partial charge in [0.1, 0.15) is 17.3 Å². The van der Waals surface area contributed by atoms with Gasteiger partial charge in [-0.05, 0) is 72.1 Å². The minimum absolute atomic E-state index is 0.0387. The average molecular weight is 535 g/mol. The first-order valence-corrected chi connectivity index (χ1v) is 13.1. The van der Waals surface area contributed by atoms with Gasteiger partial charge in [0.05, 0.1) is 18.2 Å². The number of phenols is 1. The molecule has 1 heterocycles. The Hall–Kier alpha value is -5.04. The van der Waals surface area contributed by atoms with E-state index in [1.165, 1.54) is 17.0 Å². The summed E-state index contributed by atoms with van der Waals surface area (Å²) in [6.07, 6.45) is 0. The van der Waals surface area contributed by atoms with Crippen LogP contribution in [0.15, 0.2) is 109 Å². The topological polar surface area (TPSA) is 99.1 Å². The molecule has 1 fully saturated rings. The lowest BCUT2D eigenvalue weighted by Crippen LogP contribution is -2.29. The second-order valence-corrected chi connectivity index (χ2v) is 10.0. The van der Waals surface area contributed by atoms with Crippen LogP contribution in [0.5, 0.6) is 11.5 Å². The molecule has 5 rings (SSSR count). The number of aliphatic hydroxyl groups is 1. The number of hydrogen-bond acceptors (Lipinski definition) is 6. The van der Waals surface area contributed by atoms with E-state index in [-0.39, 0.29) is 17.1 Å². The van der Waals surface area contributed by atoms with E-state index in [0.29, 0.717) is 35.1 Å². The fourth-order valence-electron chi connectivity index (χ4n) is 4.62. The Morgan fingerprint density at radius 1 is 0.875 bits per heavy atom. The second-order valence-electron chi connectivity index (χ2n) is 10.0. The van der Waals surface area contributed by atoms with Gasteiger partial charge in [-0.3, -0.25) is 14.5 Å². The summed E-state index contributed by atoms with van der Waals surface area (Å²) in [5.74, 6) is -0.935. The summed E-state index contributed by atoms with van der Waals surface area (Å²) in [6.45, 7) is 4.57. The van der Waals surface area contributed by atoms with Crippen molar-refractivity contribution in [3.63, 3.8) is 0 Å². The van der Waals surface area contributed by atoms with E-state index in [0.717, 1.165) is 11.4 Å². The number of phenolic OH excluding ortho intramolecular Hbond substituents is 1. The van der Waals surface area contributed by atoms with Crippen molar-refractivity contribution in [2.45, 2.75) is 19.9 Å². The number of nitrogens with one attached hydrogen (secondary N) is 1. The molecule has 4 aromatic carbocycles. The molecule has 0 radical (unpaired) electrons. The zero-order valence-electron chi connectivity index (χ0n) is 22.2. The molecule has 1 amide bonds. The number of nitrogens with zero attached hydrogens (tertiary/aromatic N) is 1. The van der Waals surface area contributed by atoms with Crippen LogP contribution < -0.4 is 15.0 Å². The van der Waals surface area contributed by atoms with Crippen LogP contribution in [0, 0.1) is 5.92 Å². The number of benzene rings is 4. The lowest BCUT2D eigenvalue weighted by Gasteiger charge is -2.25. The summed E-state index contributed by atoms with van der Waals surface area (Å²) in [7, 11) is 0. The van der Waals surface area contributed by atoms with Crippen molar-refractivity contribution in [2.75, 3.05) is 16.8 Å². The molecule has 1 unspecified atom stereocenters. The van der Waals surface area contributed by atoms with Crippen LogP contribution in [0.2, 0.25) is 0 Å². The fraction of sp³-hybridized carbons (Fsp3) is 0.152. The first-order valence-electron chi connectivity index (χ1n) is 13.1. The van der Waals surface area contributed by atoms with Crippen LogP contribution in [0.25, 0.3) is 5.76 Å². The van der Waals surface area contributed by atoms with Crippen LogP contribution >= 0.6 is 0 Å². The van der Waals surface area contributed by atoms with E-state index in [1.54, 1.807) is 48.5 Å². The van der Waals surface area contributed by atoms with Crippen molar-refractivity contribution >= 4 is 34.5 Å². The Bertz CT molecular complexity index is 1540. The van der Waals surface area contributed by atoms with Crippen LogP contribution in [-0.4, -0.2) is 28.5 Å². The molecule has 1 saturated heterocycles. The van der Waals surface area contributed by atoms with E-state index in [9.17, 15) is 19.8 Å². The van der Waals surface area contributed by atoms with Gasteiger partial charge < -0.3 is 20.3 Å². The first-order chi connectivity index (χ1) is 19.3. The maximum Gasteiger partial charge on any atom is 0.300 e. The minimum Gasteiger partial charge on any atom is -0.508 e. The van der Waals surface area contributed by atoms with Gasteiger partial charge in [0, 0.05) is 22.6 Å². The number of ether oxygens (including phenoxy) is 1. The number of Topliss-reactive ketones (excluding diaryl/α,β-unsaturated/α-hetero) is 1. The van der Waals surface area contributed by atoms with Gasteiger partial charge in [-0.15, -0.1) is 0 Å². The van der Waals surface area contributed by atoms with E-state index in [4.69, 9.17) is 4.74 Å². The van der Waals surface area contributed by atoms with E-state index in [1.807, 2.05) is 56.3 Å². The number of para-hydroxylation sites is 1. The van der Waals surface area contributed by atoms with Crippen molar-refractivity contribution in [3.8, 4) is 11.5 Å². The van der Waals surface area contributed by atoms with Gasteiger partial charge >= 0.3 is 0 Å². The molecule has 0 aliphatic carbocycles. The van der Waals surface area contributed by atoms with Gasteiger partial charge in [-0.1, -0.05) is 56.3 Å². The number of hydrogen-bond donors (Lipinski definition) is 3. The number of carbonyl (C=O) groups is 2. The summed E-state index contributed by atoms with van der Waals surface area (Å²) in [6, 6.07) is 29.0. The molecule has 1 aliphatic rings. The Morgan fingerprint density at radius 2 is 1.55 bits per heavy atom. The highest BCUT2D eigenvalue weighted by Crippen LogP contribution is 2.43. The van der Waals surface area contributed by atoms with Gasteiger partial charge in [0.25, 0.3) is 11.7 Å². The molecule has 7 heteroatoms. The zero-order valence-corrected chi connectivity index (χ0v) is 22.2. The van der Waals surface area contributed by atoms with Crippen molar-refractivity contribution in [1.29, 1.82) is 0 Å². The smallest absolute Gasteiger partial charge is 0.300 e. The third kappa shape index (κ3) is 5.54. The zero-order chi connectivity index (χ0) is 28.2. The SMILES string of the molecule is CC(C)COc1cccc(/C(O)=C2/C(=O)C(=O)N(c3ccc(Nc4ccccc4)cc3)C2c2ccc(O)cc2)c1. The number of rotatable bonds is 8. The van der Waals surface area contributed by atoms with Gasteiger partial charge in [0.15, 0.2) is 0 Å². The summed E-state index contributed by atoms with van der Waals surface area (Å²) in [5.41, 5.74) is 3.11. The second kappa shape index (κ2) is 11.4. The number of carbonyl (C=O) groups excluding carboxylic acids is 2. The van der Waals surface area contributed by atoms with E-state index < -0.39 is 17.7 Å². The van der Waals surface area contributed by atoms with Crippen LogP contribution in [0.1, 0.15) is 31.0 Å². The average Bonchev–Trinajstić information content (AvgIpc) is 3.23. The van der Waals surface area contributed by atoms with Crippen molar-refractivity contribution in [1.82, 2.24) is 0 Å². The third-order valence-corrected chi connectivity index (χ3v) is 6.55. The molecule has 4 aromatic rings.